The lowest BCUT2D eigenvalue weighted by Crippen LogP contribution is -2.49. The maximum absolute atomic E-state index is 6.02. The molecule has 26 heavy (non-hydrogen) atoms. The molecule has 0 spiro atoms. The zero-order chi connectivity index (χ0) is 17.8. The molecule has 1 aliphatic carbocycles. The summed E-state index contributed by atoms with van der Waals surface area (Å²) in [6.07, 6.45) is 7.46. The van der Waals surface area contributed by atoms with Crippen LogP contribution in [0.15, 0.2) is 36.9 Å². The van der Waals surface area contributed by atoms with E-state index in [0.29, 0.717) is 24.4 Å². The fourth-order valence-electron chi connectivity index (χ4n) is 3.89. The molecule has 0 amide bonds. The summed E-state index contributed by atoms with van der Waals surface area (Å²) in [6.45, 7) is 2.94. The molecule has 0 N–H and O–H groups in total. The van der Waals surface area contributed by atoms with E-state index in [4.69, 9.17) is 14.2 Å². The Labute approximate surface area is 153 Å². The third-order valence-corrected chi connectivity index (χ3v) is 5.14. The third-order valence-electron chi connectivity index (χ3n) is 5.14. The molecule has 7 heteroatoms. The minimum atomic E-state index is 0.235. The van der Waals surface area contributed by atoms with Gasteiger partial charge in [-0.2, -0.15) is 0 Å². The lowest BCUT2D eigenvalue weighted by molar-refractivity contribution is 0.0202. The Kier molecular flexibility index (Phi) is 5.26. The summed E-state index contributed by atoms with van der Waals surface area (Å²) in [7, 11) is 1.62. The second-order valence-electron chi connectivity index (χ2n) is 6.80. The number of rotatable bonds is 6. The van der Waals surface area contributed by atoms with Crippen molar-refractivity contribution >= 4 is 5.82 Å². The molecule has 1 saturated heterocycles. The van der Waals surface area contributed by atoms with Crippen molar-refractivity contribution in [2.45, 2.75) is 31.6 Å². The average Bonchev–Trinajstić information content (AvgIpc) is 3.12. The standard InChI is InChI=1S/C19H24N4O3/c1-24-19-10-18(21-13-22-19)23-6-7-26-17-9-15(8-16(17)23)12-25-11-14-2-4-20-5-3-14/h2-5,10,13,15-17H,6-9,11-12H2,1H3. The maximum atomic E-state index is 6.02. The predicted octanol–water partition coefficient (Wildman–Crippen LogP) is 2.08. The minimum absolute atomic E-state index is 0.235. The molecule has 3 unspecified atom stereocenters. The molecule has 2 aromatic rings. The number of morpholine rings is 1. The molecule has 7 nitrogen and oxygen atoms in total. The van der Waals surface area contributed by atoms with Gasteiger partial charge in [-0.25, -0.2) is 9.97 Å². The van der Waals surface area contributed by atoms with Crippen molar-refractivity contribution in [1.82, 2.24) is 15.0 Å². The third kappa shape index (κ3) is 3.78. The summed E-state index contributed by atoms with van der Waals surface area (Å²) < 4.78 is 17.2. The van der Waals surface area contributed by atoms with Crippen LogP contribution in [0.25, 0.3) is 0 Å². The highest BCUT2D eigenvalue weighted by Gasteiger charge is 2.41. The van der Waals surface area contributed by atoms with Crippen molar-refractivity contribution in [3.63, 3.8) is 0 Å². The number of methoxy groups -OCH3 is 1. The first-order chi connectivity index (χ1) is 12.8. The molecule has 0 aromatic carbocycles. The fourth-order valence-corrected chi connectivity index (χ4v) is 3.89. The molecule has 138 valence electrons. The first-order valence-electron chi connectivity index (χ1n) is 9.04. The van der Waals surface area contributed by atoms with Crippen LogP contribution in [-0.4, -0.2) is 54.0 Å². The summed E-state index contributed by atoms with van der Waals surface area (Å²) >= 11 is 0. The number of fused-ring (bicyclic) bond motifs is 1. The van der Waals surface area contributed by atoms with Crippen molar-refractivity contribution in [3.05, 3.63) is 42.5 Å². The van der Waals surface area contributed by atoms with E-state index in [-0.39, 0.29) is 6.10 Å². The van der Waals surface area contributed by atoms with E-state index in [1.54, 1.807) is 25.8 Å². The monoisotopic (exact) mass is 356 g/mol. The second-order valence-corrected chi connectivity index (χ2v) is 6.80. The van der Waals surface area contributed by atoms with Gasteiger partial charge < -0.3 is 19.1 Å². The van der Waals surface area contributed by atoms with Gasteiger partial charge in [-0.3, -0.25) is 4.98 Å². The quantitative estimate of drug-likeness (QED) is 0.785. The largest absolute Gasteiger partial charge is 0.481 e. The van der Waals surface area contributed by atoms with E-state index in [1.165, 1.54) is 0 Å². The number of pyridine rings is 1. The maximum Gasteiger partial charge on any atom is 0.218 e. The predicted molar refractivity (Wildman–Crippen MR) is 96.1 cm³/mol. The fraction of sp³-hybridized carbons (Fsp3) is 0.526. The van der Waals surface area contributed by atoms with Crippen molar-refractivity contribution in [3.8, 4) is 5.88 Å². The summed E-state index contributed by atoms with van der Waals surface area (Å²) in [5.74, 6) is 2.00. The van der Waals surface area contributed by atoms with Crippen LogP contribution in [0.4, 0.5) is 5.82 Å². The van der Waals surface area contributed by atoms with E-state index in [9.17, 15) is 0 Å². The van der Waals surface area contributed by atoms with Gasteiger partial charge in [-0.05, 0) is 36.5 Å². The van der Waals surface area contributed by atoms with Crippen molar-refractivity contribution in [2.24, 2.45) is 5.92 Å². The average molecular weight is 356 g/mol. The van der Waals surface area contributed by atoms with Gasteiger partial charge in [0, 0.05) is 25.0 Å². The highest BCUT2D eigenvalue weighted by atomic mass is 16.5. The summed E-state index contributed by atoms with van der Waals surface area (Å²) in [4.78, 5) is 14.9. The number of hydrogen-bond donors (Lipinski definition) is 0. The van der Waals surface area contributed by atoms with E-state index in [0.717, 1.165) is 44.0 Å². The van der Waals surface area contributed by atoms with Crippen molar-refractivity contribution < 1.29 is 14.2 Å². The molecule has 4 rings (SSSR count). The Morgan fingerprint density at radius 3 is 2.96 bits per heavy atom. The van der Waals surface area contributed by atoms with Crippen LogP contribution in [0.2, 0.25) is 0 Å². The lowest BCUT2D eigenvalue weighted by atomic mass is 10.1. The smallest absolute Gasteiger partial charge is 0.218 e. The zero-order valence-electron chi connectivity index (χ0n) is 15.0. The molecular weight excluding hydrogens is 332 g/mol. The highest BCUT2D eigenvalue weighted by molar-refractivity contribution is 5.43. The van der Waals surface area contributed by atoms with Crippen LogP contribution in [0.5, 0.6) is 5.88 Å². The first-order valence-corrected chi connectivity index (χ1v) is 9.04. The van der Waals surface area contributed by atoms with Crippen molar-refractivity contribution in [2.75, 3.05) is 31.8 Å². The van der Waals surface area contributed by atoms with Gasteiger partial charge >= 0.3 is 0 Å². The molecule has 2 aliphatic rings. The number of aromatic nitrogens is 3. The molecular formula is C19H24N4O3. The van der Waals surface area contributed by atoms with Crippen LogP contribution >= 0.6 is 0 Å². The SMILES string of the molecule is COc1cc(N2CCOC3CC(COCc4ccncc4)CC32)ncn1. The lowest BCUT2D eigenvalue weighted by Gasteiger charge is -2.38. The van der Waals surface area contributed by atoms with Gasteiger partial charge in [0.25, 0.3) is 0 Å². The zero-order valence-corrected chi connectivity index (χ0v) is 15.0. The van der Waals surface area contributed by atoms with Crippen LogP contribution in [0.3, 0.4) is 0 Å². The van der Waals surface area contributed by atoms with Crippen molar-refractivity contribution in [1.29, 1.82) is 0 Å². The van der Waals surface area contributed by atoms with E-state index >= 15 is 0 Å². The van der Waals surface area contributed by atoms with Gasteiger partial charge in [-0.15, -0.1) is 0 Å². The van der Waals surface area contributed by atoms with Gasteiger partial charge in [0.05, 0.1) is 39.1 Å². The second kappa shape index (κ2) is 7.97. The minimum Gasteiger partial charge on any atom is -0.481 e. The van der Waals surface area contributed by atoms with Crippen LogP contribution in [0.1, 0.15) is 18.4 Å². The Hall–Kier alpha value is -2.25. The van der Waals surface area contributed by atoms with E-state index < -0.39 is 0 Å². The Balaban J connectivity index is 1.36. The molecule has 2 fully saturated rings. The van der Waals surface area contributed by atoms with Gasteiger partial charge in [-0.1, -0.05) is 0 Å². The van der Waals surface area contributed by atoms with Crippen LogP contribution in [0, 0.1) is 5.92 Å². The van der Waals surface area contributed by atoms with Crippen LogP contribution < -0.4 is 9.64 Å². The molecule has 1 aliphatic heterocycles. The van der Waals surface area contributed by atoms with Gasteiger partial charge in [0.2, 0.25) is 5.88 Å². The summed E-state index contributed by atoms with van der Waals surface area (Å²) in [5, 5.41) is 0. The number of hydrogen-bond acceptors (Lipinski definition) is 7. The normalized spacial score (nSPS) is 25.1. The van der Waals surface area contributed by atoms with Gasteiger partial charge in [0.1, 0.15) is 12.1 Å². The summed E-state index contributed by atoms with van der Waals surface area (Å²) in [5.41, 5.74) is 1.15. The topological polar surface area (TPSA) is 69.6 Å². The summed E-state index contributed by atoms with van der Waals surface area (Å²) in [6, 6.07) is 6.21. The molecule has 3 heterocycles. The van der Waals surface area contributed by atoms with Crippen LogP contribution in [-0.2, 0) is 16.1 Å². The van der Waals surface area contributed by atoms with E-state index in [1.807, 2.05) is 18.2 Å². The highest BCUT2D eigenvalue weighted by Crippen LogP contribution is 2.36. The first kappa shape index (κ1) is 17.2. The number of ether oxygens (including phenoxy) is 3. The molecule has 3 atom stereocenters. The Bertz CT molecular complexity index is 715. The number of nitrogens with zero attached hydrogens (tertiary/aromatic N) is 4. The molecule has 0 bridgehead atoms. The Morgan fingerprint density at radius 1 is 1.23 bits per heavy atom. The number of anilines is 1. The molecule has 2 aromatic heterocycles. The van der Waals surface area contributed by atoms with Gasteiger partial charge in [0.15, 0.2) is 0 Å². The molecule has 0 radical (unpaired) electrons. The molecule has 1 saturated carbocycles. The van der Waals surface area contributed by atoms with E-state index in [2.05, 4.69) is 19.9 Å². The Morgan fingerprint density at radius 2 is 2.12 bits per heavy atom.